The summed E-state index contributed by atoms with van der Waals surface area (Å²) in [6, 6.07) is 2.47. The topological polar surface area (TPSA) is 64.2 Å². The first-order valence-corrected chi connectivity index (χ1v) is 7.32. The Hall–Kier alpha value is -1.38. The average molecular weight is 390 g/mol. The van der Waals surface area contributed by atoms with Gasteiger partial charge in [0.2, 0.25) is 11.9 Å². The van der Waals surface area contributed by atoms with Gasteiger partial charge in [0, 0.05) is 19.7 Å². The minimum absolute atomic E-state index is 0.0857. The van der Waals surface area contributed by atoms with Gasteiger partial charge in [-0.25, -0.2) is 9.37 Å². The highest BCUT2D eigenvalue weighted by molar-refractivity contribution is 14.1. The molecule has 0 aliphatic heterocycles. The molecule has 7 heteroatoms. The van der Waals surface area contributed by atoms with Crippen LogP contribution in [0.2, 0.25) is 0 Å². The molecular weight excluding hydrogens is 374 g/mol. The van der Waals surface area contributed by atoms with Gasteiger partial charge in [-0.2, -0.15) is 0 Å². The van der Waals surface area contributed by atoms with Crippen molar-refractivity contribution in [2.45, 2.75) is 19.9 Å². The fourth-order valence-corrected chi connectivity index (χ4v) is 2.55. The van der Waals surface area contributed by atoms with E-state index in [0.29, 0.717) is 21.1 Å². The number of anilines is 1. The van der Waals surface area contributed by atoms with E-state index < -0.39 is 6.04 Å². The lowest BCUT2D eigenvalue weighted by molar-refractivity contribution is -0.132. The molecule has 0 saturated heterocycles. The second kappa shape index (κ2) is 5.55. The number of fused-ring (bicyclic) bond motifs is 1. The number of nitrogens with zero attached hydrogens (tertiary/aromatic N) is 3. The van der Waals surface area contributed by atoms with Crippen LogP contribution >= 0.6 is 22.6 Å². The van der Waals surface area contributed by atoms with Crippen LogP contribution in [0.25, 0.3) is 11.0 Å². The number of likely N-dealkylation sites (N-methyl/N-ethyl adjacent to an activating group) is 1. The van der Waals surface area contributed by atoms with E-state index in [1.165, 1.54) is 6.07 Å². The molecule has 1 heterocycles. The molecule has 2 N–H and O–H groups in total. The van der Waals surface area contributed by atoms with Gasteiger partial charge in [0.1, 0.15) is 11.9 Å². The minimum Gasteiger partial charge on any atom is -0.369 e. The maximum atomic E-state index is 13.7. The Bertz CT molecular complexity index is 670. The third-order valence-electron chi connectivity index (χ3n) is 3.35. The molecule has 0 radical (unpaired) electrons. The van der Waals surface area contributed by atoms with E-state index in [-0.39, 0.29) is 17.7 Å². The summed E-state index contributed by atoms with van der Waals surface area (Å²) >= 11 is 1.90. The minimum atomic E-state index is -0.524. The fraction of sp³-hybridized carbons (Fsp3) is 0.385. The third-order valence-corrected chi connectivity index (χ3v) is 4.18. The second-order valence-electron chi connectivity index (χ2n) is 4.62. The molecule has 1 amide bonds. The van der Waals surface area contributed by atoms with Gasteiger partial charge >= 0.3 is 0 Å². The van der Waals surface area contributed by atoms with Gasteiger partial charge < -0.3 is 10.6 Å². The highest BCUT2D eigenvalue weighted by Crippen LogP contribution is 2.26. The van der Waals surface area contributed by atoms with E-state index >= 15 is 0 Å². The Balaban J connectivity index is 2.56. The highest BCUT2D eigenvalue weighted by atomic mass is 127. The number of amides is 1. The number of hydrogen-bond acceptors (Lipinski definition) is 3. The Labute approximate surface area is 130 Å². The third kappa shape index (κ3) is 2.46. The zero-order chi connectivity index (χ0) is 15.0. The van der Waals surface area contributed by atoms with E-state index in [9.17, 15) is 9.18 Å². The van der Waals surface area contributed by atoms with Crippen molar-refractivity contribution in [3.8, 4) is 0 Å². The summed E-state index contributed by atoms with van der Waals surface area (Å²) in [5.74, 6) is -0.216. The van der Waals surface area contributed by atoms with Gasteiger partial charge in [-0.05, 0) is 42.5 Å². The van der Waals surface area contributed by atoms with Crippen molar-refractivity contribution >= 4 is 45.5 Å². The normalized spacial score (nSPS) is 12.7. The van der Waals surface area contributed by atoms with Gasteiger partial charge in [-0.15, -0.1) is 0 Å². The summed E-state index contributed by atoms with van der Waals surface area (Å²) in [6.07, 6.45) is 0. The Morgan fingerprint density at radius 3 is 2.85 bits per heavy atom. The van der Waals surface area contributed by atoms with Crippen molar-refractivity contribution in [2.24, 2.45) is 0 Å². The van der Waals surface area contributed by atoms with Crippen LogP contribution in [0.1, 0.15) is 19.9 Å². The summed E-state index contributed by atoms with van der Waals surface area (Å²) in [5, 5.41) is 0. The van der Waals surface area contributed by atoms with Crippen LogP contribution in [0, 0.1) is 9.39 Å². The van der Waals surface area contributed by atoms with Crippen molar-refractivity contribution in [3.63, 3.8) is 0 Å². The number of carbonyl (C=O) groups excluding carboxylic acids is 1. The molecule has 0 saturated carbocycles. The average Bonchev–Trinajstić information content (AvgIpc) is 2.72. The molecule has 1 unspecified atom stereocenters. The van der Waals surface area contributed by atoms with Gasteiger partial charge in [0.25, 0.3) is 0 Å². The lowest BCUT2D eigenvalue weighted by Crippen LogP contribution is -2.33. The molecule has 108 valence electrons. The monoisotopic (exact) mass is 390 g/mol. The number of rotatable bonds is 3. The number of nitrogens with two attached hydrogens (primary N) is 1. The van der Waals surface area contributed by atoms with Gasteiger partial charge in [0.05, 0.1) is 14.6 Å². The summed E-state index contributed by atoms with van der Waals surface area (Å²) in [7, 11) is 1.72. The number of imidazole rings is 1. The van der Waals surface area contributed by atoms with Crippen molar-refractivity contribution in [2.75, 3.05) is 19.3 Å². The zero-order valence-electron chi connectivity index (χ0n) is 11.5. The standard InChI is InChI=1S/C13H16FIN4O/c1-4-18(3)12(20)7(2)19-11-5-8(14)9(15)6-10(11)17-13(19)16/h5-7H,4H2,1-3H3,(H2,16,17). The molecule has 20 heavy (non-hydrogen) atoms. The lowest BCUT2D eigenvalue weighted by atomic mass is 10.2. The molecule has 5 nitrogen and oxygen atoms in total. The molecule has 0 bridgehead atoms. The molecule has 0 aliphatic carbocycles. The second-order valence-corrected chi connectivity index (χ2v) is 5.79. The summed E-state index contributed by atoms with van der Waals surface area (Å²) in [4.78, 5) is 18.0. The molecular formula is C13H16FIN4O. The largest absolute Gasteiger partial charge is 0.369 e. The van der Waals surface area contributed by atoms with Gasteiger partial charge in [-0.1, -0.05) is 0 Å². The first-order valence-electron chi connectivity index (χ1n) is 6.24. The Morgan fingerprint density at radius 2 is 2.25 bits per heavy atom. The molecule has 0 fully saturated rings. The van der Waals surface area contributed by atoms with Crippen LogP contribution in [0.15, 0.2) is 12.1 Å². The van der Waals surface area contributed by atoms with E-state index in [2.05, 4.69) is 4.98 Å². The van der Waals surface area contributed by atoms with Gasteiger partial charge in [-0.3, -0.25) is 9.36 Å². The maximum Gasteiger partial charge on any atom is 0.245 e. The smallest absolute Gasteiger partial charge is 0.245 e. The first-order chi connectivity index (χ1) is 9.36. The summed E-state index contributed by atoms with van der Waals surface area (Å²) in [6.45, 7) is 4.23. The predicted molar refractivity (Wildman–Crippen MR) is 84.8 cm³/mol. The lowest BCUT2D eigenvalue weighted by Gasteiger charge is -2.21. The first kappa shape index (κ1) is 15.0. The number of aromatic nitrogens is 2. The molecule has 0 aliphatic rings. The van der Waals surface area contributed by atoms with Gasteiger partial charge in [0.15, 0.2) is 0 Å². The molecule has 1 aromatic heterocycles. The van der Waals surface area contributed by atoms with Crippen molar-refractivity contribution in [1.29, 1.82) is 0 Å². The SMILES string of the molecule is CCN(C)C(=O)C(C)n1c(N)nc2cc(I)c(F)cc21. The maximum absolute atomic E-state index is 13.7. The molecule has 1 atom stereocenters. The van der Waals surface area contributed by atoms with Crippen molar-refractivity contribution < 1.29 is 9.18 Å². The van der Waals surface area contributed by atoms with Crippen LogP contribution in [0.4, 0.5) is 10.3 Å². The molecule has 0 spiro atoms. The number of halogens is 2. The number of nitrogen functional groups attached to an aromatic ring is 1. The van der Waals surface area contributed by atoms with E-state index in [0.717, 1.165) is 0 Å². The quantitative estimate of drug-likeness (QED) is 0.819. The van der Waals surface area contributed by atoms with E-state index in [1.807, 2.05) is 29.5 Å². The van der Waals surface area contributed by atoms with E-state index in [4.69, 9.17) is 5.73 Å². The number of hydrogen-bond donors (Lipinski definition) is 1. The summed E-state index contributed by atoms with van der Waals surface area (Å²) < 4.78 is 15.8. The predicted octanol–water partition coefficient (Wildman–Crippen LogP) is 2.40. The molecule has 1 aromatic carbocycles. The summed E-state index contributed by atoms with van der Waals surface area (Å²) in [5.41, 5.74) is 7.01. The van der Waals surface area contributed by atoms with Crippen LogP contribution < -0.4 is 5.73 Å². The molecule has 2 rings (SSSR count). The Kier molecular flexibility index (Phi) is 4.17. The van der Waals surface area contributed by atoms with Crippen LogP contribution in [0.3, 0.4) is 0 Å². The van der Waals surface area contributed by atoms with Crippen LogP contribution in [0.5, 0.6) is 0 Å². The Morgan fingerprint density at radius 1 is 1.60 bits per heavy atom. The molecule has 2 aromatic rings. The van der Waals surface area contributed by atoms with Crippen LogP contribution in [-0.2, 0) is 4.79 Å². The highest BCUT2D eigenvalue weighted by Gasteiger charge is 2.23. The van der Waals surface area contributed by atoms with E-state index in [1.54, 1.807) is 29.5 Å². The number of benzene rings is 1. The van der Waals surface area contributed by atoms with Crippen molar-refractivity contribution in [1.82, 2.24) is 14.5 Å². The number of carbonyl (C=O) groups is 1. The fourth-order valence-electron chi connectivity index (χ4n) is 2.10. The zero-order valence-corrected chi connectivity index (χ0v) is 13.7. The van der Waals surface area contributed by atoms with Crippen molar-refractivity contribution in [3.05, 3.63) is 21.5 Å². The van der Waals surface area contributed by atoms with Crippen LogP contribution in [-0.4, -0.2) is 34.0 Å².